The standard InChI is InChI=1S/C13H14O3/c1-3-4-11(13(14)15)9-10-5-7-12(16-2)8-6-10/h3,5-9H,1,4H2,2H3,(H,14,15)/b11-9+. The van der Waals surface area contributed by atoms with Gasteiger partial charge < -0.3 is 9.84 Å². The van der Waals surface area contributed by atoms with Gasteiger partial charge in [0.1, 0.15) is 5.75 Å². The van der Waals surface area contributed by atoms with E-state index in [2.05, 4.69) is 6.58 Å². The van der Waals surface area contributed by atoms with Crippen molar-refractivity contribution in [1.29, 1.82) is 0 Å². The minimum atomic E-state index is -0.921. The predicted octanol–water partition coefficient (Wildman–Crippen LogP) is 2.74. The number of ether oxygens (including phenoxy) is 1. The normalized spacial score (nSPS) is 10.9. The molecule has 0 aliphatic carbocycles. The number of methoxy groups -OCH3 is 1. The summed E-state index contributed by atoms with van der Waals surface area (Å²) in [5.41, 5.74) is 1.15. The molecule has 1 N–H and O–H groups in total. The van der Waals surface area contributed by atoms with Crippen LogP contribution in [0.25, 0.3) is 6.08 Å². The van der Waals surface area contributed by atoms with E-state index in [0.717, 1.165) is 11.3 Å². The van der Waals surface area contributed by atoms with E-state index in [-0.39, 0.29) is 0 Å². The summed E-state index contributed by atoms with van der Waals surface area (Å²) in [6, 6.07) is 7.20. The predicted molar refractivity (Wildman–Crippen MR) is 63.4 cm³/mol. The van der Waals surface area contributed by atoms with Gasteiger partial charge in [-0.25, -0.2) is 4.79 Å². The smallest absolute Gasteiger partial charge is 0.331 e. The Bertz CT molecular complexity index is 402. The lowest BCUT2D eigenvalue weighted by Crippen LogP contribution is -1.99. The molecule has 0 aliphatic rings. The van der Waals surface area contributed by atoms with E-state index in [9.17, 15) is 4.79 Å². The van der Waals surface area contributed by atoms with Crippen LogP contribution in [0.1, 0.15) is 12.0 Å². The highest BCUT2D eigenvalue weighted by Crippen LogP contribution is 2.15. The summed E-state index contributed by atoms with van der Waals surface area (Å²) in [5.74, 6) is -0.173. The minimum Gasteiger partial charge on any atom is -0.497 e. The molecule has 0 spiro atoms. The van der Waals surface area contributed by atoms with Crippen molar-refractivity contribution in [2.24, 2.45) is 0 Å². The fourth-order valence-electron chi connectivity index (χ4n) is 1.26. The van der Waals surface area contributed by atoms with Crippen molar-refractivity contribution in [2.45, 2.75) is 6.42 Å². The SMILES string of the molecule is C=CC/C(=C\c1ccc(OC)cc1)C(=O)O. The second-order valence-electron chi connectivity index (χ2n) is 3.24. The summed E-state index contributed by atoms with van der Waals surface area (Å²) in [7, 11) is 1.59. The Morgan fingerprint density at radius 2 is 2.06 bits per heavy atom. The van der Waals surface area contributed by atoms with Crippen molar-refractivity contribution in [2.75, 3.05) is 7.11 Å². The van der Waals surface area contributed by atoms with Gasteiger partial charge in [0, 0.05) is 5.57 Å². The Kier molecular flexibility index (Phi) is 4.33. The number of carboxylic acid groups (broad SMARTS) is 1. The van der Waals surface area contributed by atoms with Crippen LogP contribution in [0.2, 0.25) is 0 Å². The third kappa shape index (κ3) is 3.28. The van der Waals surface area contributed by atoms with Crippen molar-refractivity contribution >= 4 is 12.0 Å². The van der Waals surface area contributed by atoms with E-state index in [4.69, 9.17) is 9.84 Å². The maximum atomic E-state index is 10.9. The molecule has 0 aromatic heterocycles. The van der Waals surface area contributed by atoms with E-state index in [0.29, 0.717) is 12.0 Å². The van der Waals surface area contributed by atoms with Gasteiger partial charge in [0.2, 0.25) is 0 Å². The molecule has 0 bridgehead atoms. The van der Waals surface area contributed by atoms with Gasteiger partial charge in [-0.1, -0.05) is 18.2 Å². The van der Waals surface area contributed by atoms with Crippen LogP contribution in [0.4, 0.5) is 0 Å². The van der Waals surface area contributed by atoms with Crippen LogP contribution in [0.5, 0.6) is 5.75 Å². The lowest BCUT2D eigenvalue weighted by atomic mass is 10.1. The molecule has 1 rings (SSSR count). The average Bonchev–Trinajstić information content (AvgIpc) is 2.29. The van der Waals surface area contributed by atoms with E-state index in [1.807, 2.05) is 12.1 Å². The first kappa shape index (κ1) is 12.0. The van der Waals surface area contributed by atoms with Crippen molar-refractivity contribution in [1.82, 2.24) is 0 Å². The van der Waals surface area contributed by atoms with Crippen LogP contribution >= 0.6 is 0 Å². The van der Waals surface area contributed by atoms with Crippen molar-refractivity contribution in [3.8, 4) is 5.75 Å². The highest BCUT2D eigenvalue weighted by Gasteiger charge is 2.04. The van der Waals surface area contributed by atoms with Gasteiger partial charge in [-0.05, 0) is 30.2 Å². The minimum absolute atomic E-state index is 0.320. The Labute approximate surface area is 94.7 Å². The fraction of sp³-hybridized carbons (Fsp3) is 0.154. The third-order valence-corrected chi connectivity index (χ3v) is 2.10. The molecule has 0 atom stereocenters. The maximum Gasteiger partial charge on any atom is 0.331 e. The number of hydrogen-bond donors (Lipinski definition) is 1. The number of aliphatic carboxylic acids is 1. The molecule has 0 heterocycles. The molecule has 0 amide bonds. The summed E-state index contributed by atoms with van der Waals surface area (Å²) in [5, 5.41) is 8.93. The molecule has 3 nitrogen and oxygen atoms in total. The van der Waals surface area contributed by atoms with Gasteiger partial charge in [0.05, 0.1) is 7.11 Å². The second kappa shape index (κ2) is 5.75. The highest BCUT2D eigenvalue weighted by atomic mass is 16.5. The van der Waals surface area contributed by atoms with Crippen LogP contribution in [-0.2, 0) is 4.79 Å². The van der Waals surface area contributed by atoms with Gasteiger partial charge in [-0.15, -0.1) is 6.58 Å². The van der Waals surface area contributed by atoms with Gasteiger partial charge in [0.25, 0.3) is 0 Å². The van der Waals surface area contributed by atoms with Crippen molar-refractivity contribution < 1.29 is 14.6 Å². The summed E-state index contributed by atoms with van der Waals surface area (Å²) in [6.07, 6.45) is 3.55. The molecular weight excluding hydrogens is 204 g/mol. The van der Waals surface area contributed by atoms with E-state index in [1.54, 1.807) is 31.4 Å². The van der Waals surface area contributed by atoms with Gasteiger partial charge in [-0.3, -0.25) is 0 Å². The zero-order valence-corrected chi connectivity index (χ0v) is 9.14. The number of rotatable bonds is 5. The number of hydrogen-bond acceptors (Lipinski definition) is 2. The fourth-order valence-corrected chi connectivity index (χ4v) is 1.26. The number of allylic oxidation sites excluding steroid dienone is 1. The number of carboxylic acids is 1. The van der Waals surface area contributed by atoms with Crippen LogP contribution in [0.15, 0.2) is 42.5 Å². The van der Waals surface area contributed by atoms with E-state index in [1.165, 1.54) is 0 Å². The van der Waals surface area contributed by atoms with E-state index >= 15 is 0 Å². The van der Waals surface area contributed by atoms with Crippen molar-refractivity contribution in [3.05, 3.63) is 48.1 Å². The van der Waals surface area contributed by atoms with Crippen LogP contribution in [-0.4, -0.2) is 18.2 Å². The molecule has 3 heteroatoms. The zero-order chi connectivity index (χ0) is 12.0. The molecule has 0 aliphatic heterocycles. The Morgan fingerprint density at radius 1 is 1.44 bits per heavy atom. The Morgan fingerprint density at radius 3 is 2.50 bits per heavy atom. The zero-order valence-electron chi connectivity index (χ0n) is 9.14. The molecular formula is C13H14O3. The summed E-state index contributed by atoms with van der Waals surface area (Å²) in [4.78, 5) is 10.9. The van der Waals surface area contributed by atoms with Crippen molar-refractivity contribution in [3.63, 3.8) is 0 Å². The molecule has 1 aromatic carbocycles. The molecule has 0 fully saturated rings. The Hall–Kier alpha value is -2.03. The lowest BCUT2D eigenvalue weighted by Gasteiger charge is -2.01. The van der Waals surface area contributed by atoms with Gasteiger partial charge >= 0.3 is 5.97 Å². The molecule has 0 saturated carbocycles. The summed E-state index contributed by atoms with van der Waals surface area (Å²) < 4.78 is 5.02. The summed E-state index contributed by atoms with van der Waals surface area (Å²) in [6.45, 7) is 3.53. The summed E-state index contributed by atoms with van der Waals surface area (Å²) >= 11 is 0. The molecule has 84 valence electrons. The number of benzene rings is 1. The van der Waals surface area contributed by atoms with Crippen LogP contribution < -0.4 is 4.74 Å². The molecule has 0 saturated heterocycles. The maximum absolute atomic E-state index is 10.9. The first-order chi connectivity index (χ1) is 7.67. The molecule has 16 heavy (non-hydrogen) atoms. The lowest BCUT2D eigenvalue weighted by molar-refractivity contribution is -0.132. The molecule has 1 aromatic rings. The quantitative estimate of drug-likeness (QED) is 0.610. The second-order valence-corrected chi connectivity index (χ2v) is 3.24. The first-order valence-electron chi connectivity index (χ1n) is 4.86. The van der Waals surface area contributed by atoms with E-state index < -0.39 is 5.97 Å². The first-order valence-corrected chi connectivity index (χ1v) is 4.86. The topological polar surface area (TPSA) is 46.5 Å². The van der Waals surface area contributed by atoms with Crippen LogP contribution in [0.3, 0.4) is 0 Å². The third-order valence-electron chi connectivity index (χ3n) is 2.10. The molecule has 0 radical (unpaired) electrons. The number of carbonyl (C=O) groups is 1. The molecule has 0 unspecified atom stereocenters. The monoisotopic (exact) mass is 218 g/mol. The van der Waals surface area contributed by atoms with Crippen LogP contribution in [0, 0.1) is 0 Å². The Balaban J connectivity index is 2.93. The highest BCUT2D eigenvalue weighted by molar-refractivity contribution is 5.92. The average molecular weight is 218 g/mol. The van der Waals surface area contributed by atoms with Gasteiger partial charge in [0.15, 0.2) is 0 Å². The van der Waals surface area contributed by atoms with Gasteiger partial charge in [-0.2, -0.15) is 0 Å². The largest absolute Gasteiger partial charge is 0.497 e.